The molecule has 0 saturated carbocycles. The van der Waals surface area contributed by atoms with Crippen molar-refractivity contribution < 1.29 is 27.9 Å². The SMILES string of the molecule is C[C@@H](NC(=O)OC(C)(C)C)C(=O)Oc1ccc2c(=O)c(-c3ccc(F)cc3)coc2c1. The molecule has 31 heavy (non-hydrogen) atoms. The molecule has 0 aliphatic carbocycles. The van der Waals surface area contributed by atoms with Gasteiger partial charge in [-0.15, -0.1) is 0 Å². The first-order valence-electron chi connectivity index (χ1n) is 9.56. The molecule has 0 unspecified atom stereocenters. The van der Waals surface area contributed by atoms with Gasteiger partial charge in [-0.05, 0) is 57.5 Å². The van der Waals surface area contributed by atoms with E-state index in [9.17, 15) is 18.8 Å². The number of halogens is 1. The zero-order valence-electron chi connectivity index (χ0n) is 17.5. The smallest absolute Gasteiger partial charge is 0.408 e. The monoisotopic (exact) mass is 427 g/mol. The summed E-state index contributed by atoms with van der Waals surface area (Å²) in [6, 6.07) is 8.86. The summed E-state index contributed by atoms with van der Waals surface area (Å²) in [5.74, 6) is -0.973. The van der Waals surface area contributed by atoms with Gasteiger partial charge >= 0.3 is 12.1 Å². The molecular weight excluding hydrogens is 405 g/mol. The summed E-state index contributed by atoms with van der Waals surface area (Å²) in [6.45, 7) is 6.59. The zero-order chi connectivity index (χ0) is 22.8. The Hall–Kier alpha value is -3.68. The first-order chi connectivity index (χ1) is 14.5. The van der Waals surface area contributed by atoms with Gasteiger partial charge in [0.1, 0.15) is 35.1 Å². The third kappa shape index (κ3) is 5.48. The van der Waals surface area contributed by atoms with Gasteiger partial charge in [-0.25, -0.2) is 14.0 Å². The lowest BCUT2D eigenvalue weighted by Crippen LogP contribution is -2.43. The molecule has 3 rings (SSSR count). The number of alkyl carbamates (subject to hydrolysis) is 1. The number of carbonyl (C=O) groups is 2. The number of amides is 1. The fourth-order valence-electron chi connectivity index (χ4n) is 2.75. The van der Waals surface area contributed by atoms with E-state index in [2.05, 4.69) is 5.32 Å². The van der Waals surface area contributed by atoms with Gasteiger partial charge in [0.15, 0.2) is 5.43 Å². The van der Waals surface area contributed by atoms with Crippen LogP contribution in [0.25, 0.3) is 22.1 Å². The van der Waals surface area contributed by atoms with E-state index in [-0.39, 0.29) is 27.7 Å². The van der Waals surface area contributed by atoms with E-state index in [0.717, 1.165) is 0 Å². The van der Waals surface area contributed by atoms with Crippen LogP contribution in [0, 0.1) is 5.82 Å². The van der Waals surface area contributed by atoms with E-state index in [0.29, 0.717) is 5.56 Å². The van der Waals surface area contributed by atoms with Crippen LogP contribution in [-0.2, 0) is 9.53 Å². The van der Waals surface area contributed by atoms with Crippen LogP contribution in [0.4, 0.5) is 9.18 Å². The number of benzene rings is 2. The molecule has 2 aromatic carbocycles. The van der Waals surface area contributed by atoms with Crippen LogP contribution < -0.4 is 15.5 Å². The highest BCUT2D eigenvalue weighted by atomic mass is 19.1. The number of hydrogen-bond donors (Lipinski definition) is 1. The molecule has 0 radical (unpaired) electrons. The van der Waals surface area contributed by atoms with Gasteiger partial charge < -0.3 is 19.2 Å². The predicted molar refractivity (Wildman–Crippen MR) is 112 cm³/mol. The van der Waals surface area contributed by atoms with Crippen LogP contribution in [0.1, 0.15) is 27.7 Å². The first-order valence-corrected chi connectivity index (χ1v) is 9.56. The van der Waals surface area contributed by atoms with Crippen LogP contribution in [0.5, 0.6) is 5.75 Å². The van der Waals surface area contributed by atoms with E-state index in [4.69, 9.17) is 13.9 Å². The summed E-state index contributed by atoms with van der Waals surface area (Å²) in [5.41, 5.74) is 0.0257. The maximum Gasteiger partial charge on any atom is 0.408 e. The molecule has 1 amide bonds. The molecule has 1 atom stereocenters. The Morgan fingerprint density at radius 1 is 1.10 bits per heavy atom. The maximum atomic E-state index is 13.1. The highest BCUT2D eigenvalue weighted by molar-refractivity contribution is 5.85. The number of nitrogens with one attached hydrogen (secondary N) is 1. The molecule has 1 heterocycles. The largest absolute Gasteiger partial charge is 0.463 e. The predicted octanol–water partition coefficient (Wildman–Crippen LogP) is 4.42. The molecule has 0 saturated heterocycles. The lowest BCUT2D eigenvalue weighted by Gasteiger charge is -2.21. The molecule has 1 aromatic heterocycles. The summed E-state index contributed by atoms with van der Waals surface area (Å²) in [4.78, 5) is 36.8. The summed E-state index contributed by atoms with van der Waals surface area (Å²) < 4.78 is 29.0. The normalized spacial score (nSPS) is 12.3. The quantitative estimate of drug-likeness (QED) is 0.489. The lowest BCUT2D eigenvalue weighted by molar-refractivity contribution is -0.136. The minimum Gasteiger partial charge on any atom is -0.463 e. The summed E-state index contributed by atoms with van der Waals surface area (Å²) in [7, 11) is 0. The molecule has 7 nitrogen and oxygen atoms in total. The van der Waals surface area contributed by atoms with Crippen molar-refractivity contribution >= 4 is 23.0 Å². The van der Waals surface area contributed by atoms with E-state index in [1.165, 1.54) is 55.7 Å². The minimum atomic E-state index is -0.960. The third-order valence-electron chi connectivity index (χ3n) is 4.21. The van der Waals surface area contributed by atoms with Crippen LogP contribution in [-0.4, -0.2) is 23.7 Å². The Balaban J connectivity index is 1.76. The van der Waals surface area contributed by atoms with Crippen molar-refractivity contribution in [1.29, 1.82) is 0 Å². The van der Waals surface area contributed by atoms with Crippen molar-refractivity contribution in [2.75, 3.05) is 0 Å². The summed E-state index contributed by atoms with van der Waals surface area (Å²) >= 11 is 0. The second-order valence-electron chi connectivity index (χ2n) is 7.93. The Bertz CT molecular complexity index is 1180. The van der Waals surface area contributed by atoms with E-state index in [1.807, 2.05) is 0 Å². The van der Waals surface area contributed by atoms with Gasteiger partial charge in [0, 0.05) is 6.07 Å². The fraction of sp³-hybridized carbons (Fsp3) is 0.261. The van der Waals surface area contributed by atoms with E-state index >= 15 is 0 Å². The molecule has 0 fully saturated rings. The Morgan fingerprint density at radius 2 is 1.77 bits per heavy atom. The summed E-state index contributed by atoms with van der Waals surface area (Å²) in [5, 5.41) is 2.68. The third-order valence-corrected chi connectivity index (χ3v) is 4.21. The van der Waals surface area contributed by atoms with Gasteiger partial charge in [0.25, 0.3) is 0 Å². The molecule has 8 heteroatoms. The van der Waals surface area contributed by atoms with Gasteiger partial charge in [0.05, 0.1) is 10.9 Å². The lowest BCUT2D eigenvalue weighted by atomic mass is 10.1. The van der Waals surface area contributed by atoms with E-state index < -0.39 is 29.5 Å². The Kier molecular flexibility index (Phi) is 6.10. The van der Waals surface area contributed by atoms with Gasteiger partial charge in [0.2, 0.25) is 0 Å². The van der Waals surface area contributed by atoms with Crippen LogP contribution in [0.15, 0.2) is 57.9 Å². The van der Waals surface area contributed by atoms with Crippen LogP contribution in [0.2, 0.25) is 0 Å². The average molecular weight is 427 g/mol. The van der Waals surface area contributed by atoms with Crippen molar-refractivity contribution in [1.82, 2.24) is 5.32 Å². The number of ether oxygens (including phenoxy) is 2. The van der Waals surface area contributed by atoms with Crippen LogP contribution >= 0.6 is 0 Å². The van der Waals surface area contributed by atoms with Crippen LogP contribution in [0.3, 0.4) is 0 Å². The second-order valence-corrected chi connectivity index (χ2v) is 7.93. The van der Waals surface area contributed by atoms with Gasteiger partial charge in [-0.2, -0.15) is 0 Å². The molecule has 0 aliphatic heterocycles. The number of fused-ring (bicyclic) bond motifs is 1. The number of carbonyl (C=O) groups excluding carboxylic acids is 2. The van der Waals surface area contributed by atoms with Gasteiger partial charge in [-0.1, -0.05) is 12.1 Å². The van der Waals surface area contributed by atoms with Crippen molar-refractivity contribution in [3.8, 4) is 16.9 Å². The molecular formula is C23H22FNO6. The Morgan fingerprint density at radius 3 is 2.42 bits per heavy atom. The molecule has 0 aliphatic rings. The number of hydrogen-bond acceptors (Lipinski definition) is 6. The highest BCUT2D eigenvalue weighted by Gasteiger charge is 2.22. The summed E-state index contributed by atoms with van der Waals surface area (Å²) in [6.07, 6.45) is 0.533. The van der Waals surface area contributed by atoms with Crippen molar-refractivity contribution in [3.05, 3.63) is 64.8 Å². The topological polar surface area (TPSA) is 94.8 Å². The van der Waals surface area contributed by atoms with Crippen molar-refractivity contribution in [3.63, 3.8) is 0 Å². The average Bonchev–Trinajstić information content (AvgIpc) is 2.67. The fourth-order valence-corrected chi connectivity index (χ4v) is 2.75. The second kappa shape index (κ2) is 8.59. The molecule has 0 bridgehead atoms. The zero-order valence-corrected chi connectivity index (χ0v) is 17.5. The minimum absolute atomic E-state index is 0.146. The molecule has 1 N–H and O–H groups in total. The van der Waals surface area contributed by atoms with Gasteiger partial charge in [-0.3, -0.25) is 4.79 Å². The van der Waals surface area contributed by atoms with Crippen molar-refractivity contribution in [2.45, 2.75) is 39.3 Å². The first kappa shape index (κ1) is 22.0. The molecule has 162 valence electrons. The standard InChI is InChI=1S/C23H22FNO6/c1-13(25-22(28)31-23(2,3)4)21(27)30-16-9-10-17-19(11-16)29-12-18(20(17)26)14-5-7-15(24)8-6-14/h5-13H,1-4H3,(H,25,28)/t13-/m1/s1. The number of esters is 1. The Labute approximate surface area is 177 Å². The number of rotatable bonds is 4. The highest BCUT2D eigenvalue weighted by Crippen LogP contribution is 2.23. The molecule has 0 spiro atoms. The van der Waals surface area contributed by atoms with Crippen molar-refractivity contribution in [2.24, 2.45) is 0 Å². The maximum absolute atomic E-state index is 13.1. The van der Waals surface area contributed by atoms with E-state index in [1.54, 1.807) is 20.8 Å². The molecule has 3 aromatic rings.